The Balaban J connectivity index is 3.07. The Hall–Kier alpha value is -0.780. The van der Waals surface area contributed by atoms with Crippen molar-refractivity contribution >= 4 is 16.3 Å². The lowest BCUT2D eigenvalue weighted by Gasteiger charge is -2.45. The summed E-state index contributed by atoms with van der Waals surface area (Å²) < 4.78 is 40.3. The number of hydrogen-bond acceptors (Lipinski definition) is 7. The number of nitrogens with one attached hydrogen (secondary N) is 1. The van der Waals surface area contributed by atoms with Crippen LogP contribution in [0.15, 0.2) is 0 Å². The quantitative estimate of drug-likeness (QED) is 0.445. The summed E-state index contributed by atoms with van der Waals surface area (Å²) in [5.74, 6) is -0.571. The average molecular weight is 327 g/mol. The third-order valence-electron chi connectivity index (χ3n) is 3.20. The van der Waals surface area contributed by atoms with Crippen LogP contribution in [0.1, 0.15) is 20.8 Å². The van der Waals surface area contributed by atoms with Gasteiger partial charge in [-0.05, 0) is 5.92 Å². The van der Waals surface area contributed by atoms with Crippen molar-refractivity contribution in [3.05, 3.63) is 0 Å². The predicted octanol–water partition coefficient (Wildman–Crippen LogP) is -1.54. The standard InChI is InChI=1S/C11H21NO8S/c1-5(2)10-8(12-6(3)14)9(15)11(7(4-13)19-10)20-21(16,17)18/h5,7-11,13,15H,4H2,1-3H3,(H,12,14)(H,16,17,18). The van der Waals surface area contributed by atoms with Crippen molar-refractivity contribution in [2.24, 2.45) is 5.92 Å². The molecule has 0 saturated carbocycles. The number of rotatable bonds is 5. The molecule has 0 bridgehead atoms. The summed E-state index contributed by atoms with van der Waals surface area (Å²) in [6, 6.07) is -0.933. The van der Waals surface area contributed by atoms with Gasteiger partial charge in [0.2, 0.25) is 5.91 Å². The van der Waals surface area contributed by atoms with E-state index >= 15 is 0 Å². The highest BCUT2D eigenvalue weighted by molar-refractivity contribution is 7.80. The van der Waals surface area contributed by atoms with Crippen LogP contribution in [0, 0.1) is 5.92 Å². The van der Waals surface area contributed by atoms with Gasteiger partial charge in [-0.15, -0.1) is 0 Å². The fourth-order valence-electron chi connectivity index (χ4n) is 2.36. The zero-order valence-electron chi connectivity index (χ0n) is 12.0. The lowest BCUT2D eigenvalue weighted by Crippen LogP contribution is -2.65. The van der Waals surface area contributed by atoms with Crippen LogP contribution in [-0.2, 0) is 24.1 Å². The van der Waals surface area contributed by atoms with Crippen molar-refractivity contribution in [2.75, 3.05) is 6.61 Å². The van der Waals surface area contributed by atoms with Gasteiger partial charge in [-0.3, -0.25) is 9.35 Å². The molecule has 1 saturated heterocycles. The molecule has 1 amide bonds. The Morgan fingerprint density at radius 1 is 1.43 bits per heavy atom. The molecule has 1 heterocycles. The fraction of sp³-hybridized carbons (Fsp3) is 0.909. The van der Waals surface area contributed by atoms with E-state index in [0.717, 1.165) is 0 Å². The number of aliphatic hydroxyl groups is 2. The normalized spacial score (nSPS) is 34.0. The molecular formula is C11H21NO8S. The summed E-state index contributed by atoms with van der Waals surface area (Å²) in [6.07, 6.45) is -4.81. The minimum absolute atomic E-state index is 0.128. The summed E-state index contributed by atoms with van der Waals surface area (Å²) >= 11 is 0. The second kappa shape index (κ2) is 6.99. The molecule has 5 atom stereocenters. The van der Waals surface area contributed by atoms with Crippen molar-refractivity contribution in [3.8, 4) is 0 Å². The van der Waals surface area contributed by atoms with Crippen molar-refractivity contribution < 1.29 is 36.9 Å². The van der Waals surface area contributed by atoms with E-state index in [2.05, 4.69) is 9.50 Å². The lowest BCUT2D eigenvalue weighted by atomic mass is 9.87. The van der Waals surface area contributed by atoms with Crippen molar-refractivity contribution in [1.29, 1.82) is 0 Å². The highest BCUT2D eigenvalue weighted by atomic mass is 32.3. The third kappa shape index (κ3) is 4.87. The summed E-state index contributed by atoms with van der Waals surface area (Å²) in [6.45, 7) is 4.18. The first-order valence-electron chi connectivity index (χ1n) is 6.44. The maximum Gasteiger partial charge on any atom is 0.397 e. The SMILES string of the molecule is CC(=O)NC1C(O)C(OS(=O)(=O)O)C(CO)OC1C(C)C. The number of carbonyl (C=O) groups excluding carboxylic acids is 1. The second-order valence-corrected chi connectivity index (χ2v) is 6.32. The predicted molar refractivity (Wildman–Crippen MR) is 70.6 cm³/mol. The van der Waals surface area contributed by atoms with E-state index in [1.54, 1.807) is 13.8 Å². The van der Waals surface area contributed by atoms with Crippen LogP contribution < -0.4 is 5.32 Å². The molecule has 21 heavy (non-hydrogen) atoms. The molecule has 0 radical (unpaired) electrons. The average Bonchev–Trinajstić information content (AvgIpc) is 2.32. The fourth-order valence-corrected chi connectivity index (χ4v) is 2.88. The van der Waals surface area contributed by atoms with Crippen LogP contribution in [0.25, 0.3) is 0 Å². The van der Waals surface area contributed by atoms with E-state index in [9.17, 15) is 23.4 Å². The third-order valence-corrected chi connectivity index (χ3v) is 3.66. The van der Waals surface area contributed by atoms with Gasteiger partial charge in [-0.1, -0.05) is 13.8 Å². The van der Waals surface area contributed by atoms with Crippen molar-refractivity contribution in [2.45, 2.75) is 51.2 Å². The molecule has 9 nitrogen and oxygen atoms in total. The minimum Gasteiger partial charge on any atom is -0.394 e. The number of carbonyl (C=O) groups is 1. The van der Waals surface area contributed by atoms with Crippen molar-refractivity contribution in [3.63, 3.8) is 0 Å². The van der Waals surface area contributed by atoms with Gasteiger partial charge >= 0.3 is 10.4 Å². The number of aliphatic hydroxyl groups excluding tert-OH is 2. The highest BCUT2D eigenvalue weighted by Gasteiger charge is 2.48. The lowest BCUT2D eigenvalue weighted by molar-refractivity contribution is -0.197. The molecule has 1 rings (SSSR count). The first kappa shape index (κ1) is 18.3. The van der Waals surface area contributed by atoms with Gasteiger partial charge in [0.05, 0.1) is 18.8 Å². The Labute approximate surface area is 123 Å². The first-order valence-corrected chi connectivity index (χ1v) is 7.80. The molecule has 4 N–H and O–H groups in total. The van der Waals surface area contributed by atoms with E-state index in [-0.39, 0.29) is 5.92 Å². The maximum absolute atomic E-state index is 11.2. The highest BCUT2D eigenvalue weighted by Crippen LogP contribution is 2.28. The van der Waals surface area contributed by atoms with E-state index in [0.29, 0.717) is 0 Å². The van der Waals surface area contributed by atoms with Gasteiger partial charge in [0.15, 0.2) is 0 Å². The number of amides is 1. The van der Waals surface area contributed by atoms with E-state index in [4.69, 9.17) is 9.29 Å². The minimum atomic E-state index is -4.85. The number of ether oxygens (including phenoxy) is 1. The summed E-state index contributed by atoms with van der Waals surface area (Å²) in [5, 5.41) is 22.0. The molecule has 1 fully saturated rings. The molecule has 0 aromatic rings. The van der Waals surface area contributed by atoms with Crippen LogP contribution in [0.4, 0.5) is 0 Å². The molecule has 124 valence electrons. The Bertz CT molecular complexity index is 465. The van der Waals surface area contributed by atoms with Gasteiger partial charge in [0, 0.05) is 6.92 Å². The summed E-state index contributed by atoms with van der Waals surface area (Å²) in [7, 11) is -4.85. The van der Waals surface area contributed by atoms with E-state index in [1.807, 2.05) is 0 Å². The second-order valence-electron chi connectivity index (χ2n) is 5.27. The molecule has 1 aliphatic rings. The molecule has 10 heteroatoms. The van der Waals surface area contributed by atoms with Crippen molar-refractivity contribution in [1.82, 2.24) is 5.32 Å². The molecule has 0 aromatic carbocycles. The molecule has 0 spiro atoms. The Kier molecular flexibility index (Phi) is 6.08. The monoisotopic (exact) mass is 327 g/mol. The van der Waals surface area contributed by atoms with Gasteiger partial charge < -0.3 is 20.3 Å². The number of hydrogen-bond donors (Lipinski definition) is 4. The van der Waals surface area contributed by atoms with Gasteiger partial charge in [-0.25, -0.2) is 4.18 Å². The first-order chi connectivity index (χ1) is 9.56. The van der Waals surface area contributed by atoms with Crippen LogP contribution >= 0.6 is 0 Å². The zero-order valence-corrected chi connectivity index (χ0v) is 12.8. The molecular weight excluding hydrogens is 306 g/mol. The van der Waals surface area contributed by atoms with Gasteiger partial charge in [0.1, 0.15) is 18.3 Å². The molecule has 1 aliphatic heterocycles. The summed E-state index contributed by atoms with van der Waals surface area (Å²) in [4.78, 5) is 11.2. The Morgan fingerprint density at radius 3 is 2.38 bits per heavy atom. The molecule has 5 unspecified atom stereocenters. The van der Waals surface area contributed by atoms with Crippen LogP contribution in [0.3, 0.4) is 0 Å². The van der Waals surface area contributed by atoms with E-state index < -0.39 is 53.4 Å². The maximum atomic E-state index is 11.2. The van der Waals surface area contributed by atoms with Crippen LogP contribution in [-0.4, -0.2) is 66.2 Å². The zero-order chi connectivity index (χ0) is 16.4. The summed E-state index contributed by atoms with van der Waals surface area (Å²) in [5.41, 5.74) is 0. The smallest absolute Gasteiger partial charge is 0.394 e. The van der Waals surface area contributed by atoms with Crippen LogP contribution in [0.2, 0.25) is 0 Å². The van der Waals surface area contributed by atoms with E-state index in [1.165, 1.54) is 6.92 Å². The topological polar surface area (TPSA) is 142 Å². The molecule has 0 aromatic heterocycles. The Morgan fingerprint density at radius 2 is 2.00 bits per heavy atom. The van der Waals surface area contributed by atoms with Gasteiger partial charge in [-0.2, -0.15) is 8.42 Å². The largest absolute Gasteiger partial charge is 0.397 e. The molecule has 0 aliphatic carbocycles. The van der Waals surface area contributed by atoms with Gasteiger partial charge in [0.25, 0.3) is 0 Å². The van der Waals surface area contributed by atoms with Crippen LogP contribution in [0.5, 0.6) is 0 Å².